The molecule has 1 aromatic carbocycles. The standard InChI is InChI=1S/C26H32N6O3/c1-17(2)24(25-28-29-30-32(25)16-22-7-5-11-35-22)31(15-21-6-4-10-34-21)14-20-13-19-12-18(3)8-9-23(19)27-26(20)33/h5,7-9,11-13,17,21,24H,4,6,10,14-16H2,1-3H3,(H,27,33)/t21-,24+/m1/s1. The maximum absolute atomic E-state index is 13.1. The second-order valence-electron chi connectivity index (χ2n) is 9.74. The van der Waals surface area contributed by atoms with Crippen molar-refractivity contribution in [1.29, 1.82) is 0 Å². The van der Waals surface area contributed by atoms with Gasteiger partial charge in [-0.25, -0.2) is 4.68 Å². The molecule has 0 bridgehead atoms. The average Bonchev–Trinajstić information content (AvgIpc) is 3.59. The smallest absolute Gasteiger partial charge is 0.252 e. The van der Waals surface area contributed by atoms with Crippen LogP contribution in [-0.2, 0) is 17.8 Å². The summed E-state index contributed by atoms with van der Waals surface area (Å²) in [5.41, 5.74) is 2.65. The topological polar surface area (TPSA) is 102 Å². The van der Waals surface area contributed by atoms with Crippen LogP contribution in [-0.4, -0.2) is 49.3 Å². The number of rotatable bonds is 9. The largest absolute Gasteiger partial charge is 0.467 e. The highest BCUT2D eigenvalue weighted by atomic mass is 16.5. The predicted octanol–water partition coefficient (Wildman–Crippen LogP) is 3.84. The molecule has 35 heavy (non-hydrogen) atoms. The lowest BCUT2D eigenvalue weighted by Gasteiger charge is -2.35. The molecule has 0 amide bonds. The van der Waals surface area contributed by atoms with Crippen LogP contribution in [0.1, 0.15) is 55.4 Å². The normalized spacial score (nSPS) is 17.1. The van der Waals surface area contributed by atoms with E-state index in [0.29, 0.717) is 19.6 Å². The minimum atomic E-state index is -0.114. The molecule has 1 aliphatic heterocycles. The van der Waals surface area contributed by atoms with Gasteiger partial charge in [0.05, 0.1) is 18.4 Å². The van der Waals surface area contributed by atoms with E-state index in [9.17, 15) is 4.79 Å². The molecule has 0 unspecified atom stereocenters. The highest BCUT2D eigenvalue weighted by molar-refractivity contribution is 5.79. The molecule has 4 heterocycles. The third-order valence-electron chi connectivity index (χ3n) is 6.65. The zero-order chi connectivity index (χ0) is 24.4. The first-order chi connectivity index (χ1) is 17.0. The van der Waals surface area contributed by atoms with Crippen molar-refractivity contribution in [2.24, 2.45) is 5.92 Å². The molecule has 1 N–H and O–H groups in total. The highest BCUT2D eigenvalue weighted by Crippen LogP contribution is 2.30. The third kappa shape index (κ3) is 5.21. The molecule has 184 valence electrons. The summed E-state index contributed by atoms with van der Waals surface area (Å²) >= 11 is 0. The van der Waals surface area contributed by atoms with Crippen LogP contribution in [0, 0.1) is 12.8 Å². The number of nitrogens with zero attached hydrogens (tertiary/aromatic N) is 5. The lowest BCUT2D eigenvalue weighted by Crippen LogP contribution is -2.40. The van der Waals surface area contributed by atoms with Gasteiger partial charge in [-0.3, -0.25) is 9.69 Å². The molecule has 9 nitrogen and oxygen atoms in total. The van der Waals surface area contributed by atoms with Crippen molar-refractivity contribution < 1.29 is 9.15 Å². The fourth-order valence-corrected chi connectivity index (χ4v) is 5.00. The van der Waals surface area contributed by atoms with Crippen LogP contribution in [0.15, 0.2) is 51.9 Å². The van der Waals surface area contributed by atoms with E-state index in [1.54, 1.807) is 10.9 Å². The van der Waals surface area contributed by atoms with Gasteiger partial charge in [-0.1, -0.05) is 25.5 Å². The predicted molar refractivity (Wildman–Crippen MR) is 132 cm³/mol. The number of nitrogens with one attached hydrogen (secondary N) is 1. The van der Waals surface area contributed by atoms with Crippen molar-refractivity contribution in [3.8, 4) is 0 Å². The van der Waals surface area contributed by atoms with Gasteiger partial charge in [-0.2, -0.15) is 0 Å². The van der Waals surface area contributed by atoms with E-state index >= 15 is 0 Å². The summed E-state index contributed by atoms with van der Waals surface area (Å²) in [5.74, 6) is 1.73. The van der Waals surface area contributed by atoms with Gasteiger partial charge >= 0.3 is 0 Å². The van der Waals surface area contributed by atoms with E-state index in [1.807, 2.05) is 30.3 Å². The molecule has 2 atom stereocenters. The number of hydrogen-bond acceptors (Lipinski definition) is 7. The van der Waals surface area contributed by atoms with Crippen LogP contribution in [0.2, 0.25) is 0 Å². The van der Waals surface area contributed by atoms with Gasteiger partial charge in [-0.05, 0) is 71.8 Å². The van der Waals surface area contributed by atoms with Crippen molar-refractivity contribution in [1.82, 2.24) is 30.1 Å². The van der Waals surface area contributed by atoms with E-state index in [-0.39, 0.29) is 23.6 Å². The summed E-state index contributed by atoms with van der Waals surface area (Å²) in [5, 5.41) is 13.7. The Morgan fingerprint density at radius 3 is 2.89 bits per heavy atom. The Morgan fingerprint density at radius 2 is 2.14 bits per heavy atom. The number of pyridine rings is 1. The minimum Gasteiger partial charge on any atom is -0.467 e. The molecule has 9 heteroatoms. The number of aryl methyl sites for hydroxylation is 1. The molecule has 0 spiro atoms. The van der Waals surface area contributed by atoms with Gasteiger partial charge in [-0.15, -0.1) is 5.10 Å². The van der Waals surface area contributed by atoms with E-state index in [1.165, 1.54) is 0 Å². The van der Waals surface area contributed by atoms with Crippen LogP contribution < -0.4 is 5.56 Å². The van der Waals surface area contributed by atoms with Crippen molar-refractivity contribution >= 4 is 10.9 Å². The fraction of sp³-hybridized carbons (Fsp3) is 0.462. The number of aromatic nitrogens is 5. The number of ether oxygens (including phenoxy) is 1. The maximum atomic E-state index is 13.1. The SMILES string of the molecule is Cc1ccc2[nH]c(=O)c(CN(C[C@H]3CCCO3)[C@H](c3nnnn3Cc3ccco3)C(C)C)cc2c1. The Balaban J connectivity index is 1.51. The van der Waals surface area contributed by atoms with Gasteiger partial charge in [0.2, 0.25) is 0 Å². The second-order valence-corrected chi connectivity index (χ2v) is 9.74. The summed E-state index contributed by atoms with van der Waals surface area (Å²) < 4.78 is 13.3. The minimum absolute atomic E-state index is 0.0728. The number of aromatic amines is 1. The molecule has 0 aliphatic carbocycles. The number of benzene rings is 1. The van der Waals surface area contributed by atoms with Gasteiger partial charge in [0.15, 0.2) is 5.82 Å². The zero-order valence-electron chi connectivity index (χ0n) is 20.5. The van der Waals surface area contributed by atoms with Crippen LogP contribution >= 0.6 is 0 Å². The molecule has 3 aromatic heterocycles. The van der Waals surface area contributed by atoms with E-state index in [2.05, 4.69) is 52.2 Å². The molecule has 4 aromatic rings. The number of furan rings is 1. The lowest BCUT2D eigenvalue weighted by molar-refractivity contribution is 0.0384. The molecule has 0 radical (unpaired) electrons. The van der Waals surface area contributed by atoms with E-state index in [4.69, 9.17) is 9.15 Å². The first-order valence-corrected chi connectivity index (χ1v) is 12.2. The van der Waals surface area contributed by atoms with Gasteiger partial charge < -0.3 is 14.1 Å². The number of H-pyrrole nitrogens is 1. The third-order valence-corrected chi connectivity index (χ3v) is 6.65. The summed E-state index contributed by atoms with van der Waals surface area (Å²) in [7, 11) is 0. The molecular weight excluding hydrogens is 444 g/mol. The maximum Gasteiger partial charge on any atom is 0.252 e. The monoisotopic (exact) mass is 476 g/mol. The molecule has 1 fully saturated rings. The first-order valence-electron chi connectivity index (χ1n) is 12.2. The van der Waals surface area contributed by atoms with Crippen molar-refractivity contribution in [2.75, 3.05) is 13.2 Å². The van der Waals surface area contributed by atoms with Crippen molar-refractivity contribution in [2.45, 2.75) is 58.8 Å². The van der Waals surface area contributed by atoms with E-state index < -0.39 is 0 Å². The quantitative estimate of drug-likeness (QED) is 0.391. The average molecular weight is 477 g/mol. The fourth-order valence-electron chi connectivity index (χ4n) is 5.00. The number of fused-ring (bicyclic) bond motifs is 1. The van der Waals surface area contributed by atoms with Crippen LogP contribution in [0.3, 0.4) is 0 Å². The summed E-state index contributed by atoms with van der Waals surface area (Å²) in [6.07, 6.45) is 3.83. The second kappa shape index (κ2) is 10.1. The van der Waals surface area contributed by atoms with E-state index in [0.717, 1.165) is 53.1 Å². The first kappa shape index (κ1) is 23.4. The molecule has 0 saturated carbocycles. The van der Waals surface area contributed by atoms with Gasteiger partial charge in [0.25, 0.3) is 5.56 Å². The summed E-state index contributed by atoms with van der Waals surface area (Å²) in [6.45, 7) is 8.76. The van der Waals surface area contributed by atoms with Crippen LogP contribution in [0.25, 0.3) is 10.9 Å². The van der Waals surface area contributed by atoms with Gasteiger partial charge in [0, 0.05) is 30.8 Å². The lowest BCUT2D eigenvalue weighted by atomic mass is 9.99. The Labute approximate surface area is 204 Å². The number of hydrogen-bond donors (Lipinski definition) is 1. The van der Waals surface area contributed by atoms with Crippen molar-refractivity contribution in [3.63, 3.8) is 0 Å². The number of tetrazole rings is 1. The Kier molecular flexibility index (Phi) is 6.79. The molecule has 5 rings (SSSR count). The van der Waals surface area contributed by atoms with Crippen LogP contribution in [0.5, 0.6) is 0 Å². The summed E-state index contributed by atoms with van der Waals surface area (Å²) in [6, 6.07) is 11.7. The molecule has 1 saturated heterocycles. The summed E-state index contributed by atoms with van der Waals surface area (Å²) in [4.78, 5) is 18.4. The Bertz CT molecular complexity index is 1320. The zero-order valence-corrected chi connectivity index (χ0v) is 20.5. The molecule has 1 aliphatic rings. The molecular formula is C26H32N6O3. The van der Waals surface area contributed by atoms with Crippen LogP contribution in [0.4, 0.5) is 0 Å². The van der Waals surface area contributed by atoms with Crippen molar-refractivity contribution in [3.05, 3.63) is 75.7 Å². The Morgan fingerprint density at radius 1 is 1.26 bits per heavy atom. The van der Waals surface area contributed by atoms with Gasteiger partial charge in [0.1, 0.15) is 12.3 Å². The highest BCUT2D eigenvalue weighted by Gasteiger charge is 2.32. The Hall–Kier alpha value is -3.30.